The molecule has 10 heteroatoms. The molecule has 0 aliphatic rings. The number of carbonyl (C=O) groups excluding carboxylic acids is 2. The average Bonchev–Trinajstić information content (AvgIpc) is 2.78. The van der Waals surface area contributed by atoms with E-state index in [-0.39, 0.29) is 42.2 Å². The lowest BCUT2D eigenvalue weighted by Crippen LogP contribution is -2.49. The van der Waals surface area contributed by atoms with Crippen LogP contribution in [-0.4, -0.2) is 47.9 Å². The van der Waals surface area contributed by atoms with Crippen LogP contribution in [0.3, 0.4) is 0 Å². The quantitative estimate of drug-likeness (QED) is 0.354. The molecule has 0 radical (unpaired) electrons. The molecular weight excluding hydrogens is 494 g/mol. The zero-order chi connectivity index (χ0) is 24.5. The van der Waals surface area contributed by atoms with Gasteiger partial charge >= 0.3 is 5.69 Å². The molecule has 9 nitrogen and oxygen atoms in total. The maximum Gasteiger partial charge on any atom is 0.311 e. The number of ether oxygens (including phenoxy) is 2. The summed E-state index contributed by atoms with van der Waals surface area (Å²) >= 11 is 3.42. The van der Waals surface area contributed by atoms with Gasteiger partial charge in [0.1, 0.15) is 11.8 Å². The van der Waals surface area contributed by atoms with Gasteiger partial charge in [-0.25, -0.2) is 0 Å². The molecule has 0 aliphatic heterocycles. The highest BCUT2D eigenvalue weighted by atomic mass is 79.9. The van der Waals surface area contributed by atoms with E-state index in [2.05, 4.69) is 21.2 Å². The van der Waals surface area contributed by atoms with Crippen LogP contribution in [0.2, 0.25) is 0 Å². The van der Waals surface area contributed by atoms with E-state index in [0.29, 0.717) is 6.54 Å². The third kappa shape index (κ3) is 7.74. The van der Waals surface area contributed by atoms with E-state index in [1.54, 1.807) is 6.92 Å². The fourth-order valence-corrected chi connectivity index (χ4v) is 3.44. The van der Waals surface area contributed by atoms with Crippen molar-refractivity contribution in [3.8, 4) is 11.5 Å². The summed E-state index contributed by atoms with van der Waals surface area (Å²) in [6.45, 7) is 6.00. The van der Waals surface area contributed by atoms with Gasteiger partial charge in [-0.3, -0.25) is 19.7 Å². The van der Waals surface area contributed by atoms with Gasteiger partial charge in [0.05, 0.1) is 12.0 Å². The Hall–Kier alpha value is -3.14. The van der Waals surface area contributed by atoms with Crippen molar-refractivity contribution in [3.05, 3.63) is 62.6 Å². The van der Waals surface area contributed by atoms with Crippen LogP contribution in [0.25, 0.3) is 0 Å². The van der Waals surface area contributed by atoms with Gasteiger partial charge in [-0.05, 0) is 36.6 Å². The largest absolute Gasteiger partial charge is 0.490 e. The molecule has 2 aromatic rings. The van der Waals surface area contributed by atoms with Crippen LogP contribution < -0.4 is 14.8 Å². The molecular formula is C23H28BrN3O6. The van der Waals surface area contributed by atoms with E-state index in [1.165, 1.54) is 30.2 Å². The Morgan fingerprint density at radius 1 is 1.18 bits per heavy atom. The molecule has 178 valence electrons. The highest BCUT2D eigenvalue weighted by Crippen LogP contribution is 2.30. The SMILES string of the molecule is COc1cc(OCC(=O)N(Cc2cccc(Br)c2)[C@H](C)C(=O)NCC(C)C)ccc1[N+](=O)[O-]. The van der Waals surface area contributed by atoms with E-state index in [0.717, 1.165) is 10.0 Å². The zero-order valence-corrected chi connectivity index (χ0v) is 20.6. The Balaban J connectivity index is 2.18. The molecule has 0 fully saturated rings. The predicted molar refractivity (Wildman–Crippen MR) is 127 cm³/mol. The molecule has 0 bridgehead atoms. The number of nitrogens with zero attached hydrogens (tertiary/aromatic N) is 2. The van der Waals surface area contributed by atoms with Crippen LogP contribution in [0, 0.1) is 16.0 Å². The second kappa shape index (κ2) is 12.2. The first-order valence-corrected chi connectivity index (χ1v) is 11.2. The minimum Gasteiger partial charge on any atom is -0.490 e. The highest BCUT2D eigenvalue weighted by Gasteiger charge is 2.27. The smallest absolute Gasteiger partial charge is 0.311 e. The van der Waals surface area contributed by atoms with Crippen LogP contribution in [0.4, 0.5) is 5.69 Å². The number of nitro groups is 1. The standard InChI is InChI=1S/C23H28BrN3O6/c1-15(2)12-25-23(29)16(3)26(13-17-6-5-7-18(24)10-17)22(28)14-33-19-8-9-20(27(30)31)21(11-19)32-4/h5-11,15-16H,12-14H2,1-4H3,(H,25,29)/t16-/m1/s1. The summed E-state index contributed by atoms with van der Waals surface area (Å²) in [4.78, 5) is 37.7. The lowest BCUT2D eigenvalue weighted by Gasteiger charge is -2.29. The molecule has 0 heterocycles. The summed E-state index contributed by atoms with van der Waals surface area (Å²) in [6, 6.07) is 10.7. The molecule has 2 aromatic carbocycles. The third-order valence-corrected chi connectivity index (χ3v) is 5.30. The maximum absolute atomic E-state index is 13.1. The number of halogens is 1. The number of benzene rings is 2. The van der Waals surface area contributed by atoms with E-state index in [1.807, 2.05) is 38.1 Å². The fraction of sp³-hybridized carbons (Fsp3) is 0.391. The molecule has 0 unspecified atom stereocenters. The van der Waals surface area contributed by atoms with E-state index in [4.69, 9.17) is 9.47 Å². The van der Waals surface area contributed by atoms with Gasteiger partial charge in [0, 0.05) is 29.7 Å². The van der Waals surface area contributed by atoms with E-state index < -0.39 is 16.9 Å². The first-order valence-electron chi connectivity index (χ1n) is 10.4. The van der Waals surface area contributed by atoms with Gasteiger partial charge < -0.3 is 19.7 Å². The molecule has 1 N–H and O–H groups in total. The Bertz CT molecular complexity index is 998. The van der Waals surface area contributed by atoms with Crippen LogP contribution in [-0.2, 0) is 16.1 Å². The fourth-order valence-electron chi connectivity index (χ4n) is 2.99. The first kappa shape index (κ1) is 26.1. The number of methoxy groups -OCH3 is 1. The first-order chi connectivity index (χ1) is 15.6. The molecule has 0 saturated carbocycles. The molecule has 0 saturated heterocycles. The van der Waals surface area contributed by atoms with Crippen molar-refractivity contribution in [2.75, 3.05) is 20.3 Å². The molecule has 33 heavy (non-hydrogen) atoms. The molecule has 0 aromatic heterocycles. The van der Waals surface area contributed by atoms with Crippen molar-refractivity contribution in [1.29, 1.82) is 0 Å². The van der Waals surface area contributed by atoms with E-state index >= 15 is 0 Å². The number of rotatable bonds is 11. The van der Waals surface area contributed by atoms with Gasteiger partial charge in [-0.1, -0.05) is 41.9 Å². The Kier molecular flexibility index (Phi) is 9.65. The minimum absolute atomic E-state index is 0.0253. The second-order valence-corrected chi connectivity index (χ2v) is 8.76. The van der Waals surface area contributed by atoms with Crippen LogP contribution >= 0.6 is 15.9 Å². The lowest BCUT2D eigenvalue weighted by atomic mass is 10.1. The summed E-state index contributed by atoms with van der Waals surface area (Å²) in [5.41, 5.74) is 0.640. The lowest BCUT2D eigenvalue weighted by molar-refractivity contribution is -0.385. The van der Waals surface area contributed by atoms with Gasteiger partial charge in [0.15, 0.2) is 6.61 Å². The van der Waals surface area contributed by atoms with Crippen molar-refractivity contribution >= 4 is 33.4 Å². The van der Waals surface area contributed by atoms with Crippen molar-refractivity contribution in [2.45, 2.75) is 33.4 Å². The Morgan fingerprint density at radius 2 is 1.91 bits per heavy atom. The summed E-state index contributed by atoms with van der Waals surface area (Å²) in [6.07, 6.45) is 0. The average molecular weight is 522 g/mol. The van der Waals surface area contributed by atoms with Crippen molar-refractivity contribution in [1.82, 2.24) is 10.2 Å². The zero-order valence-electron chi connectivity index (χ0n) is 19.0. The number of nitro benzene ring substituents is 1. The molecule has 1 atom stereocenters. The van der Waals surface area contributed by atoms with Gasteiger partial charge in [-0.2, -0.15) is 0 Å². The molecule has 2 rings (SSSR count). The number of nitrogens with one attached hydrogen (secondary N) is 1. The number of carbonyl (C=O) groups is 2. The molecule has 0 aliphatic carbocycles. The Morgan fingerprint density at radius 3 is 2.52 bits per heavy atom. The highest BCUT2D eigenvalue weighted by molar-refractivity contribution is 9.10. The Labute approximate surface area is 201 Å². The normalized spacial score (nSPS) is 11.6. The molecule has 0 spiro atoms. The van der Waals surface area contributed by atoms with Crippen LogP contribution in [0.15, 0.2) is 46.9 Å². The minimum atomic E-state index is -0.731. The monoisotopic (exact) mass is 521 g/mol. The summed E-state index contributed by atoms with van der Waals surface area (Å²) in [7, 11) is 1.31. The number of amides is 2. The number of hydrogen-bond donors (Lipinski definition) is 1. The van der Waals surface area contributed by atoms with Crippen LogP contribution in [0.5, 0.6) is 11.5 Å². The molecule has 2 amide bonds. The summed E-state index contributed by atoms with van der Waals surface area (Å²) < 4.78 is 11.5. The van der Waals surface area contributed by atoms with Gasteiger partial charge in [0.2, 0.25) is 11.7 Å². The maximum atomic E-state index is 13.1. The van der Waals surface area contributed by atoms with Crippen molar-refractivity contribution in [3.63, 3.8) is 0 Å². The third-order valence-electron chi connectivity index (χ3n) is 4.80. The second-order valence-electron chi connectivity index (χ2n) is 7.85. The van der Waals surface area contributed by atoms with Crippen molar-refractivity contribution < 1.29 is 24.0 Å². The predicted octanol–water partition coefficient (Wildman–Crippen LogP) is 3.93. The van der Waals surface area contributed by atoms with Gasteiger partial charge in [-0.15, -0.1) is 0 Å². The van der Waals surface area contributed by atoms with Crippen LogP contribution in [0.1, 0.15) is 26.3 Å². The van der Waals surface area contributed by atoms with Crippen molar-refractivity contribution in [2.24, 2.45) is 5.92 Å². The van der Waals surface area contributed by atoms with E-state index in [9.17, 15) is 19.7 Å². The topological polar surface area (TPSA) is 111 Å². The number of hydrogen-bond acceptors (Lipinski definition) is 6. The summed E-state index contributed by atoms with van der Waals surface area (Å²) in [5, 5.41) is 13.9. The summed E-state index contributed by atoms with van der Waals surface area (Å²) in [5.74, 6) is -0.123. The van der Waals surface area contributed by atoms with Gasteiger partial charge in [0.25, 0.3) is 5.91 Å².